The fourth-order valence-corrected chi connectivity index (χ4v) is 3.05. The third kappa shape index (κ3) is 6.00. The van der Waals surface area contributed by atoms with Crippen molar-refractivity contribution in [2.75, 3.05) is 5.75 Å². The van der Waals surface area contributed by atoms with Gasteiger partial charge in [-0.1, -0.05) is 55.7 Å². The first-order valence-electron chi connectivity index (χ1n) is 8.09. The van der Waals surface area contributed by atoms with Crippen LogP contribution in [0.15, 0.2) is 53.4 Å². The summed E-state index contributed by atoms with van der Waals surface area (Å²) in [5.41, 5.74) is 3.42. The predicted molar refractivity (Wildman–Crippen MR) is 98.5 cm³/mol. The van der Waals surface area contributed by atoms with Crippen LogP contribution in [0.4, 0.5) is 0 Å². The van der Waals surface area contributed by atoms with E-state index in [9.17, 15) is 0 Å². The number of aryl methyl sites for hydroxylation is 1. The first kappa shape index (κ1) is 16.7. The summed E-state index contributed by atoms with van der Waals surface area (Å²) >= 11 is 1.95. The number of unbranched alkanes of at least 4 members (excludes halogenated alkanes) is 3. The Labute approximate surface area is 139 Å². The van der Waals surface area contributed by atoms with Gasteiger partial charge in [-0.2, -0.15) is 0 Å². The Balaban J connectivity index is 1.85. The van der Waals surface area contributed by atoms with Crippen molar-refractivity contribution in [3.05, 3.63) is 65.2 Å². The zero-order chi connectivity index (χ0) is 15.6. The lowest BCUT2D eigenvalue weighted by atomic mass is 10.1. The zero-order valence-electron chi connectivity index (χ0n) is 13.6. The topological polar surface area (TPSA) is 0 Å². The lowest BCUT2D eigenvalue weighted by Crippen LogP contribution is -1.82. The highest BCUT2D eigenvalue weighted by atomic mass is 32.2. The zero-order valence-corrected chi connectivity index (χ0v) is 14.4. The highest BCUT2D eigenvalue weighted by Gasteiger charge is 1.95. The minimum absolute atomic E-state index is 1.07. The normalized spacial score (nSPS) is 10.1. The van der Waals surface area contributed by atoms with Gasteiger partial charge < -0.3 is 0 Å². The van der Waals surface area contributed by atoms with Gasteiger partial charge in [0.15, 0.2) is 0 Å². The van der Waals surface area contributed by atoms with Crippen LogP contribution in [0, 0.1) is 18.8 Å². The fourth-order valence-electron chi connectivity index (χ4n) is 2.13. The standard InChI is InChI=1S/C21H24S/c1-3-4-5-6-17-22-21-15-13-20(14-16-21)12-11-19-9-7-18(2)8-10-19/h7-10,13-16H,3-6,17H2,1-2H3. The minimum Gasteiger partial charge on any atom is -0.126 e. The molecule has 0 radical (unpaired) electrons. The van der Waals surface area contributed by atoms with E-state index in [0.29, 0.717) is 0 Å². The lowest BCUT2D eigenvalue weighted by molar-refractivity contribution is 0.706. The molecule has 0 saturated heterocycles. The van der Waals surface area contributed by atoms with E-state index in [4.69, 9.17) is 0 Å². The molecule has 22 heavy (non-hydrogen) atoms. The Morgan fingerprint density at radius 2 is 1.36 bits per heavy atom. The molecule has 0 unspecified atom stereocenters. The third-order valence-corrected chi connectivity index (χ3v) is 4.62. The van der Waals surface area contributed by atoms with Crippen LogP contribution in [0.1, 0.15) is 49.3 Å². The summed E-state index contributed by atoms with van der Waals surface area (Å²) in [6, 6.07) is 17.0. The molecule has 2 rings (SSSR count). The highest BCUT2D eigenvalue weighted by Crippen LogP contribution is 2.20. The van der Waals surface area contributed by atoms with Crippen molar-refractivity contribution >= 4 is 11.8 Å². The summed E-state index contributed by atoms with van der Waals surface area (Å²) < 4.78 is 0. The fraction of sp³-hybridized carbons (Fsp3) is 0.333. The smallest absolute Gasteiger partial charge is 0.0249 e. The Bertz CT molecular complexity index is 612. The van der Waals surface area contributed by atoms with Crippen LogP contribution in [0.3, 0.4) is 0 Å². The minimum atomic E-state index is 1.07. The average molecular weight is 308 g/mol. The Morgan fingerprint density at radius 3 is 1.95 bits per heavy atom. The summed E-state index contributed by atoms with van der Waals surface area (Å²) in [5, 5.41) is 0. The van der Waals surface area contributed by atoms with Crippen molar-refractivity contribution < 1.29 is 0 Å². The number of thioether (sulfide) groups is 1. The predicted octanol–water partition coefficient (Wildman–Crippen LogP) is 6.07. The monoisotopic (exact) mass is 308 g/mol. The van der Waals surface area contributed by atoms with Crippen LogP contribution in [0.2, 0.25) is 0 Å². The van der Waals surface area contributed by atoms with E-state index in [1.165, 1.54) is 41.9 Å². The largest absolute Gasteiger partial charge is 0.126 e. The summed E-state index contributed by atoms with van der Waals surface area (Å²) in [6.07, 6.45) is 5.32. The number of benzene rings is 2. The maximum absolute atomic E-state index is 3.23. The van der Waals surface area contributed by atoms with Crippen LogP contribution in [0.25, 0.3) is 0 Å². The van der Waals surface area contributed by atoms with Crippen LogP contribution in [-0.4, -0.2) is 5.75 Å². The molecule has 0 aliphatic heterocycles. The van der Waals surface area contributed by atoms with Crippen molar-refractivity contribution in [2.24, 2.45) is 0 Å². The van der Waals surface area contributed by atoms with Crippen LogP contribution in [-0.2, 0) is 0 Å². The van der Waals surface area contributed by atoms with Gasteiger partial charge in [0, 0.05) is 16.0 Å². The maximum atomic E-state index is 3.23. The quantitative estimate of drug-likeness (QED) is 0.355. The third-order valence-electron chi connectivity index (χ3n) is 3.52. The number of rotatable bonds is 6. The van der Waals surface area contributed by atoms with Crippen LogP contribution < -0.4 is 0 Å². The average Bonchev–Trinajstić information content (AvgIpc) is 2.55. The van der Waals surface area contributed by atoms with Gasteiger partial charge in [0.2, 0.25) is 0 Å². The van der Waals surface area contributed by atoms with Gasteiger partial charge in [-0.05, 0) is 55.5 Å². The van der Waals surface area contributed by atoms with Crippen molar-refractivity contribution in [3.8, 4) is 11.8 Å². The SMILES string of the molecule is CCCCCCSc1ccc(C#Cc2ccc(C)cc2)cc1. The lowest BCUT2D eigenvalue weighted by Gasteiger charge is -2.01. The summed E-state index contributed by atoms with van der Waals surface area (Å²) in [4.78, 5) is 1.34. The van der Waals surface area contributed by atoms with Gasteiger partial charge in [-0.3, -0.25) is 0 Å². The van der Waals surface area contributed by atoms with E-state index in [-0.39, 0.29) is 0 Å². The van der Waals surface area contributed by atoms with E-state index in [1.807, 2.05) is 11.8 Å². The second kappa shape index (κ2) is 9.38. The number of hydrogen-bond acceptors (Lipinski definition) is 1. The summed E-state index contributed by atoms with van der Waals surface area (Å²) in [6.45, 7) is 4.35. The molecule has 0 fully saturated rings. The van der Waals surface area contributed by atoms with E-state index in [0.717, 1.165) is 11.1 Å². The van der Waals surface area contributed by atoms with Crippen molar-refractivity contribution in [1.29, 1.82) is 0 Å². The molecule has 1 heteroatoms. The van der Waals surface area contributed by atoms with Crippen molar-refractivity contribution in [3.63, 3.8) is 0 Å². The molecule has 0 N–H and O–H groups in total. The Kier molecular flexibility index (Phi) is 7.13. The number of hydrogen-bond donors (Lipinski definition) is 0. The molecule has 0 heterocycles. The molecule has 0 bridgehead atoms. The summed E-state index contributed by atoms with van der Waals surface area (Å²) in [5.74, 6) is 7.67. The Morgan fingerprint density at radius 1 is 0.773 bits per heavy atom. The van der Waals surface area contributed by atoms with Gasteiger partial charge in [0.1, 0.15) is 0 Å². The van der Waals surface area contributed by atoms with Crippen molar-refractivity contribution in [1.82, 2.24) is 0 Å². The molecule has 0 atom stereocenters. The van der Waals surface area contributed by atoms with E-state index < -0.39 is 0 Å². The Hall–Kier alpha value is -1.65. The molecule has 2 aromatic rings. The molecule has 0 aliphatic rings. The molecule has 114 valence electrons. The molecular weight excluding hydrogens is 284 g/mol. The molecule has 0 aromatic heterocycles. The molecule has 0 amide bonds. The van der Waals surface area contributed by atoms with Crippen molar-refractivity contribution in [2.45, 2.75) is 44.4 Å². The van der Waals surface area contributed by atoms with E-state index in [1.54, 1.807) is 0 Å². The van der Waals surface area contributed by atoms with E-state index in [2.05, 4.69) is 74.2 Å². The summed E-state index contributed by atoms with van der Waals surface area (Å²) in [7, 11) is 0. The van der Waals surface area contributed by atoms with Gasteiger partial charge in [0.05, 0.1) is 0 Å². The first-order valence-corrected chi connectivity index (χ1v) is 9.08. The van der Waals surface area contributed by atoms with Gasteiger partial charge in [-0.25, -0.2) is 0 Å². The molecule has 2 aromatic carbocycles. The van der Waals surface area contributed by atoms with Gasteiger partial charge >= 0.3 is 0 Å². The van der Waals surface area contributed by atoms with Crippen LogP contribution in [0.5, 0.6) is 0 Å². The molecule has 0 nitrogen and oxygen atoms in total. The first-order chi connectivity index (χ1) is 10.8. The molecule has 0 saturated carbocycles. The highest BCUT2D eigenvalue weighted by molar-refractivity contribution is 7.99. The maximum Gasteiger partial charge on any atom is 0.0249 e. The van der Waals surface area contributed by atoms with Gasteiger partial charge in [-0.15, -0.1) is 11.8 Å². The molecule has 0 spiro atoms. The second-order valence-electron chi connectivity index (χ2n) is 5.55. The molecular formula is C21H24S. The molecule has 0 aliphatic carbocycles. The van der Waals surface area contributed by atoms with E-state index >= 15 is 0 Å². The van der Waals surface area contributed by atoms with Crippen LogP contribution >= 0.6 is 11.8 Å². The van der Waals surface area contributed by atoms with Gasteiger partial charge in [0.25, 0.3) is 0 Å². The second-order valence-corrected chi connectivity index (χ2v) is 6.72.